The van der Waals surface area contributed by atoms with Crippen LogP contribution in [0.5, 0.6) is 11.5 Å². The molecule has 6 heteroatoms. The van der Waals surface area contributed by atoms with E-state index in [1.54, 1.807) is 24.3 Å². The maximum atomic E-state index is 14.2. The number of phenols is 1. The van der Waals surface area contributed by atoms with E-state index in [1.165, 1.54) is 18.2 Å². The molecule has 0 unspecified atom stereocenters. The van der Waals surface area contributed by atoms with E-state index in [0.29, 0.717) is 54.3 Å². The van der Waals surface area contributed by atoms with Gasteiger partial charge in [-0.3, -0.25) is 4.90 Å². The fourth-order valence-corrected chi connectivity index (χ4v) is 4.23. The maximum absolute atomic E-state index is 14.2. The lowest BCUT2D eigenvalue weighted by Gasteiger charge is -2.20. The van der Waals surface area contributed by atoms with Crippen molar-refractivity contribution in [1.29, 1.82) is 0 Å². The van der Waals surface area contributed by atoms with E-state index in [2.05, 4.69) is 9.88 Å². The molecule has 1 N–H and O–H groups in total. The van der Waals surface area contributed by atoms with Gasteiger partial charge in [-0.1, -0.05) is 18.2 Å². The van der Waals surface area contributed by atoms with Gasteiger partial charge in [0.1, 0.15) is 18.2 Å². The molecule has 0 aliphatic carbocycles. The highest BCUT2D eigenvalue weighted by molar-refractivity contribution is 5.85. The van der Waals surface area contributed by atoms with Crippen LogP contribution in [0.1, 0.15) is 16.7 Å². The Bertz CT molecular complexity index is 1320. The molecule has 0 fully saturated rings. The van der Waals surface area contributed by atoms with Crippen molar-refractivity contribution in [1.82, 2.24) is 9.88 Å². The van der Waals surface area contributed by atoms with Gasteiger partial charge in [0.15, 0.2) is 11.5 Å². The molecule has 1 aliphatic rings. The summed E-state index contributed by atoms with van der Waals surface area (Å²) in [6.07, 6.45) is 0. The average molecular weight is 432 g/mol. The second-order valence-electron chi connectivity index (χ2n) is 8.12. The molecule has 0 bridgehead atoms. The van der Waals surface area contributed by atoms with Gasteiger partial charge in [0.25, 0.3) is 0 Å². The summed E-state index contributed by atoms with van der Waals surface area (Å²) in [6.45, 7) is 3.87. The second kappa shape index (κ2) is 8.20. The smallest absolute Gasteiger partial charge is 0.165 e. The number of nitrogens with zero attached hydrogens (tertiary/aromatic N) is 2. The number of halogens is 2. The number of aromatic nitrogens is 1. The predicted molar refractivity (Wildman–Crippen MR) is 120 cm³/mol. The van der Waals surface area contributed by atoms with Gasteiger partial charge in [-0.2, -0.15) is 0 Å². The van der Waals surface area contributed by atoms with Crippen LogP contribution in [0.25, 0.3) is 22.2 Å². The van der Waals surface area contributed by atoms with E-state index in [0.717, 1.165) is 16.5 Å². The topological polar surface area (TPSA) is 45.6 Å². The highest BCUT2D eigenvalue weighted by Gasteiger charge is 2.21. The molecule has 0 amide bonds. The van der Waals surface area contributed by atoms with Crippen molar-refractivity contribution in [3.05, 3.63) is 89.0 Å². The van der Waals surface area contributed by atoms with Gasteiger partial charge in [0.2, 0.25) is 0 Å². The van der Waals surface area contributed by atoms with Gasteiger partial charge in [0, 0.05) is 47.8 Å². The van der Waals surface area contributed by atoms with Crippen molar-refractivity contribution in [2.75, 3.05) is 13.2 Å². The third kappa shape index (κ3) is 3.89. The predicted octanol–water partition coefficient (Wildman–Crippen LogP) is 5.59. The van der Waals surface area contributed by atoms with E-state index in [4.69, 9.17) is 4.74 Å². The lowest BCUT2D eigenvalue weighted by atomic mass is 10.0. The van der Waals surface area contributed by atoms with Crippen molar-refractivity contribution < 1.29 is 18.6 Å². The third-order valence-electron chi connectivity index (χ3n) is 5.82. The highest BCUT2D eigenvalue weighted by Crippen LogP contribution is 2.38. The molecule has 1 aliphatic heterocycles. The van der Waals surface area contributed by atoms with Crippen LogP contribution in [-0.4, -0.2) is 28.1 Å². The first kappa shape index (κ1) is 20.4. The first-order valence-corrected chi connectivity index (χ1v) is 10.5. The molecule has 162 valence electrons. The van der Waals surface area contributed by atoms with Crippen LogP contribution >= 0.6 is 0 Å². The minimum atomic E-state index is -0.344. The van der Waals surface area contributed by atoms with Crippen LogP contribution in [0, 0.1) is 18.6 Å². The zero-order chi connectivity index (χ0) is 22.2. The van der Waals surface area contributed by atoms with Gasteiger partial charge >= 0.3 is 0 Å². The minimum absolute atomic E-state index is 0.0315. The Balaban J connectivity index is 1.52. The number of aryl methyl sites for hydroxylation is 1. The fourth-order valence-electron chi connectivity index (χ4n) is 4.23. The van der Waals surface area contributed by atoms with E-state index < -0.39 is 0 Å². The molecule has 0 radical (unpaired) electrons. The number of fused-ring (bicyclic) bond motifs is 2. The van der Waals surface area contributed by atoms with Crippen LogP contribution in [0.15, 0.2) is 60.7 Å². The number of ether oxygens (including phenoxy) is 1. The lowest BCUT2D eigenvalue weighted by molar-refractivity contribution is 0.215. The van der Waals surface area contributed by atoms with Crippen LogP contribution in [0.3, 0.4) is 0 Å². The molecular weight excluding hydrogens is 410 g/mol. The molecule has 0 atom stereocenters. The molecule has 0 saturated carbocycles. The van der Waals surface area contributed by atoms with E-state index in [1.807, 2.05) is 25.1 Å². The van der Waals surface area contributed by atoms with E-state index in [-0.39, 0.29) is 17.4 Å². The number of rotatable bonds is 3. The van der Waals surface area contributed by atoms with Gasteiger partial charge in [-0.15, -0.1) is 0 Å². The third-order valence-corrected chi connectivity index (χ3v) is 5.82. The number of aromatic hydroxyl groups is 1. The number of pyridine rings is 1. The number of benzene rings is 3. The molecule has 4 nitrogen and oxygen atoms in total. The second-order valence-corrected chi connectivity index (χ2v) is 8.12. The van der Waals surface area contributed by atoms with Crippen molar-refractivity contribution in [2.24, 2.45) is 0 Å². The van der Waals surface area contributed by atoms with Gasteiger partial charge in [-0.05, 0) is 48.9 Å². The van der Waals surface area contributed by atoms with Gasteiger partial charge < -0.3 is 9.84 Å². The minimum Gasteiger partial charge on any atom is -0.504 e. The Morgan fingerprint density at radius 1 is 1.06 bits per heavy atom. The average Bonchev–Trinajstić information content (AvgIpc) is 2.97. The Morgan fingerprint density at radius 2 is 1.91 bits per heavy atom. The molecule has 32 heavy (non-hydrogen) atoms. The molecule has 5 rings (SSSR count). The summed E-state index contributed by atoms with van der Waals surface area (Å²) in [5, 5.41) is 11.6. The molecular formula is C26H22F2N2O2. The Morgan fingerprint density at radius 3 is 2.75 bits per heavy atom. The van der Waals surface area contributed by atoms with Crippen LogP contribution in [-0.2, 0) is 13.1 Å². The molecule has 2 heterocycles. The van der Waals surface area contributed by atoms with Crippen molar-refractivity contribution >= 4 is 10.9 Å². The van der Waals surface area contributed by atoms with Gasteiger partial charge in [0.05, 0.1) is 11.2 Å². The van der Waals surface area contributed by atoms with E-state index in [9.17, 15) is 13.9 Å². The van der Waals surface area contributed by atoms with Gasteiger partial charge in [-0.25, -0.2) is 13.8 Å². The van der Waals surface area contributed by atoms with Crippen LogP contribution in [0.2, 0.25) is 0 Å². The lowest BCUT2D eigenvalue weighted by Crippen LogP contribution is -2.25. The van der Waals surface area contributed by atoms with Crippen molar-refractivity contribution in [3.8, 4) is 22.8 Å². The summed E-state index contributed by atoms with van der Waals surface area (Å²) in [4.78, 5) is 6.71. The van der Waals surface area contributed by atoms with Crippen molar-refractivity contribution in [2.45, 2.75) is 20.0 Å². The molecule has 4 aromatic rings. The van der Waals surface area contributed by atoms with E-state index >= 15 is 0 Å². The molecule has 1 aromatic heterocycles. The van der Waals surface area contributed by atoms with Crippen LogP contribution < -0.4 is 4.74 Å². The summed E-state index contributed by atoms with van der Waals surface area (Å²) < 4.78 is 33.7. The molecule has 0 saturated heterocycles. The quantitative estimate of drug-likeness (QED) is 0.459. The summed E-state index contributed by atoms with van der Waals surface area (Å²) in [5.41, 5.74) is 4.30. The molecule has 0 spiro atoms. The Labute approximate surface area is 184 Å². The summed E-state index contributed by atoms with van der Waals surface area (Å²) in [7, 11) is 0. The first-order valence-electron chi connectivity index (χ1n) is 10.5. The zero-order valence-electron chi connectivity index (χ0n) is 17.6. The zero-order valence-corrected chi connectivity index (χ0v) is 17.6. The standard InChI is InChI=1S/C26H22F2N2O2/c1-16-10-23(29-24-13-20(27)6-7-21(16)24)18-11-19-15-30(8-9-32-26(19)25(31)12-18)14-17-4-2-3-5-22(17)28/h2-7,10-13,31H,8-9,14-15H2,1H3. The number of phenolic OH excluding ortho intramolecular Hbond substituents is 1. The fraction of sp³-hybridized carbons (Fsp3) is 0.192. The maximum Gasteiger partial charge on any atom is 0.165 e. The number of hydrogen-bond donors (Lipinski definition) is 1. The normalized spacial score (nSPS) is 14.1. The highest BCUT2D eigenvalue weighted by atomic mass is 19.1. The largest absolute Gasteiger partial charge is 0.504 e. The SMILES string of the molecule is Cc1cc(-c2cc(O)c3c(c2)CN(Cc2ccccc2F)CCO3)nc2cc(F)ccc12. The number of hydrogen-bond acceptors (Lipinski definition) is 4. The Kier molecular flexibility index (Phi) is 5.23. The molecule has 3 aromatic carbocycles. The summed E-state index contributed by atoms with van der Waals surface area (Å²) >= 11 is 0. The first-order chi connectivity index (χ1) is 15.5. The Hall–Kier alpha value is -3.51. The van der Waals surface area contributed by atoms with Crippen LogP contribution in [0.4, 0.5) is 8.78 Å². The summed E-state index contributed by atoms with van der Waals surface area (Å²) in [5.74, 6) is -0.113. The van der Waals surface area contributed by atoms with Crippen molar-refractivity contribution in [3.63, 3.8) is 0 Å². The summed E-state index contributed by atoms with van der Waals surface area (Å²) in [6, 6.07) is 16.8. The monoisotopic (exact) mass is 432 g/mol.